The minimum absolute atomic E-state index is 0.0130. The third-order valence-corrected chi connectivity index (χ3v) is 7.83. The summed E-state index contributed by atoms with van der Waals surface area (Å²) in [4.78, 5) is 12.5. The summed E-state index contributed by atoms with van der Waals surface area (Å²) in [6, 6.07) is 10.4. The van der Waals surface area contributed by atoms with Crippen molar-refractivity contribution < 1.29 is 27.1 Å². The van der Waals surface area contributed by atoms with Crippen molar-refractivity contribution in [3.05, 3.63) is 75.8 Å². The monoisotopic (exact) mass is 534 g/mol. The van der Waals surface area contributed by atoms with Gasteiger partial charge < -0.3 is 10.4 Å². The van der Waals surface area contributed by atoms with E-state index in [0.29, 0.717) is 17.2 Å². The average molecular weight is 535 g/mol. The number of halogens is 3. The summed E-state index contributed by atoms with van der Waals surface area (Å²) in [5.41, 5.74) is 0.554. The van der Waals surface area contributed by atoms with Gasteiger partial charge in [0.05, 0.1) is 16.2 Å². The van der Waals surface area contributed by atoms with Gasteiger partial charge in [0.1, 0.15) is 22.3 Å². The number of nitrogens with one attached hydrogen (secondary N) is 2. The summed E-state index contributed by atoms with van der Waals surface area (Å²) in [7, 11) is -4.54. The number of benzene rings is 3. The van der Waals surface area contributed by atoms with Crippen LogP contribution in [0.15, 0.2) is 57.9 Å². The van der Waals surface area contributed by atoms with Crippen LogP contribution in [-0.2, 0) is 10.0 Å². The van der Waals surface area contributed by atoms with Crippen molar-refractivity contribution in [1.29, 1.82) is 0 Å². The first-order valence-corrected chi connectivity index (χ1v) is 12.4. The number of fused-ring (bicyclic) bond motifs is 6. The second-order valence-electron chi connectivity index (χ2n) is 8.10. The molecule has 6 nitrogen and oxygen atoms in total. The van der Waals surface area contributed by atoms with Crippen molar-refractivity contribution in [2.24, 2.45) is 5.92 Å². The first-order chi connectivity index (χ1) is 15.7. The van der Waals surface area contributed by atoms with Crippen LogP contribution in [0, 0.1) is 17.6 Å². The van der Waals surface area contributed by atoms with Crippen molar-refractivity contribution in [2.45, 2.75) is 23.8 Å². The molecule has 3 aromatic carbocycles. The number of phenols is 1. The molecule has 2 aliphatic rings. The summed E-state index contributed by atoms with van der Waals surface area (Å²) >= 11 is 3.08. The van der Waals surface area contributed by atoms with Gasteiger partial charge in [-0.25, -0.2) is 17.2 Å². The molecule has 1 amide bonds. The van der Waals surface area contributed by atoms with Gasteiger partial charge in [-0.3, -0.25) is 9.52 Å². The maximum absolute atomic E-state index is 14.9. The minimum atomic E-state index is -4.54. The van der Waals surface area contributed by atoms with E-state index in [-0.39, 0.29) is 21.5 Å². The average Bonchev–Trinajstić information content (AvgIpc) is 3.60. The molecule has 1 atom stereocenters. The molecule has 1 aliphatic heterocycles. The Morgan fingerprint density at radius 1 is 1.00 bits per heavy atom. The summed E-state index contributed by atoms with van der Waals surface area (Å²) < 4.78 is 57.7. The molecule has 3 aromatic rings. The smallest absolute Gasteiger partial charge is 0.265 e. The number of carbonyl (C=O) groups excluding carboxylic acids is 1. The van der Waals surface area contributed by atoms with Gasteiger partial charge in [0.2, 0.25) is 0 Å². The predicted molar refractivity (Wildman–Crippen MR) is 121 cm³/mol. The van der Waals surface area contributed by atoms with Crippen molar-refractivity contribution in [3.63, 3.8) is 0 Å². The Bertz CT molecular complexity index is 1420. The lowest BCUT2D eigenvalue weighted by molar-refractivity contribution is 0.0931. The summed E-state index contributed by atoms with van der Waals surface area (Å²) in [6.07, 6.45) is 1.72. The van der Waals surface area contributed by atoms with Gasteiger partial charge in [-0.2, -0.15) is 0 Å². The number of aromatic hydroxyl groups is 1. The molecule has 4 bridgehead atoms. The molecule has 10 heteroatoms. The van der Waals surface area contributed by atoms with Crippen LogP contribution < -0.4 is 10.0 Å². The maximum Gasteiger partial charge on any atom is 0.265 e. The molecular formula is C23H17BrF2N2O4S. The first kappa shape index (κ1) is 21.8. The van der Waals surface area contributed by atoms with Gasteiger partial charge in [0.25, 0.3) is 15.9 Å². The van der Waals surface area contributed by atoms with Crippen LogP contribution in [0.4, 0.5) is 14.5 Å². The van der Waals surface area contributed by atoms with E-state index in [2.05, 4.69) is 26.0 Å². The zero-order chi connectivity index (χ0) is 23.5. The quantitative estimate of drug-likeness (QED) is 0.405. The van der Waals surface area contributed by atoms with E-state index in [1.807, 2.05) is 0 Å². The third-order valence-electron chi connectivity index (χ3n) is 5.85. The number of sulfonamides is 1. The van der Waals surface area contributed by atoms with Crippen molar-refractivity contribution in [2.75, 3.05) is 4.72 Å². The van der Waals surface area contributed by atoms with Crippen LogP contribution in [0.5, 0.6) is 5.75 Å². The standard InChI is InChI=1S/C23H17BrF2N2O4S/c24-16-7-12-8-20(22(16)29)33(31,32)28-19-9-15(17(25)10-18(19)26)13-3-1-2-4-14(13)21(11-5-6-11)27-23(12)30/h1-4,7-11,21,28-29H,5-6H2,(H,27,30). The number of hydrogen-bond acceptors (Lipinski definition) is 4. The molecule has 0 saturated heterocycles. The second-order valence-corrected chi connectivity index (χ2v) is 10.6. The maximum atomic E-state index is 14.9. The molecule has 170 valence electrons. The zero-order valence-corrected chi connectivity index (χ0v) is 19.3. The highest BCUT2D eigenvalue weighted by Gasteiger charge is 2.36. The van der Waals surface area contributed by atoms with Crippen LogP contribution in [-0.4, -0.2) is 19.4 Å². The molecule has 3 N–H and O–H groups in total. The number of carbonyl (C=O) groups is 1. The molecule has 0 spiro atoms. The van der Waals surface area contributed by atoms with E-state index in [1.54, 1.807) is 24.3 Å². The second kappa shape index (κ2) is 7.81. The van der Waals surface area contributed by atoms with Crippen molar-refractivity contribution in [3.8, 4) is 16.9 Å². The summed E-state index contributed by atoms with van der Waals surface area (Å²) in [6.45, 7) is 0. The molecule has 33 heavy (non-hydrogen) atoms. The molecule has 1 fully saturated rings. The first-order valence-electron chi connectivity index (χ1n) is 10.1. The van der Waals surface area contributed by atoms with Crippen LogP contribution >= 0.6 is 15.9 Å². The molecule has 5 rings (SSSR count). The summed E-state index contributed by atoms with van der Waals surface area (Å²) in [5, 5.41) is 13.3. The highest BCUT2D eigenvalue weighted by atomic mass is 79.9. The Labute approximate surface area is 196 Å². The predicted octanol–water partition coefficient (Wildman–Crippen LogP) is 5.10. The van der Waals surface area contributed by atoms with Gasteiger partial charge in [-0.1, -0.05) is 24.3 Å². The fourth-order valence-electron chi connectivity index (χ4n) is 4.06. The minimum Gasteiger partial charge on any atom is -0.505 e. The molecule has 1 unspecified atom stereocenters. The largest absolute Gasteiger partial charge is 0.505 e. The van der Waals surface area contributed by atoms with Crippen LogP contribution in [0.3, 0.4) is 0 Å². The SMILES string of the molecule is O=C1NC(C2CC2)c2ccccc2-c2cc(c(F)cc2F)NS(=O)(=O)c2cc1cc(Br)c2O. The lowest BCUT2D eigenvalue weighted by atomic mass is 9.91. The molecule has 1 saturated carbocycles. The highest BCUT2D eigenvalue weighted by Crippen LogP contribution is 2.45. The molecule has 0 radical (unpaired) electrons. The van der Waals surface area contributed by atoms with E-state index in [9.17, 15) is 27.1 Å². The molecular weight excluding hydrogens is 518 g/mol. The molecule has 1 aliphatic carbocycles. The number of phenolic OH excluding ortho intramolecular Hbond substituents is 1. The van der Waals surface area contributed by atoms with Crippen LogP contribution in [0.1, 0.15) is 34.8 Å². The third kappa shape index (κ3) is 3.87. The lowest BCUT2D eigenvalue weighted by Crippen LogP contribution is -2.30. The topological polar surface area (TPSA) is 95.5 Å². The Hall–Kier alpha value is -2.98. The van der Waals surface area contributed by atoms with E-state index in [0.717, 1.165) is 25.0 Å². The van der Waals surface area contributed by atoms with E-state index in [1.165, 1.54) is 6.07 Å². The van der Waals surface area contributed by atoms with Gasteiger partial charge >= 0.3 is 0 Å². The van der Waals surface area contributed by atoms with E-state index < -0.39 is 49.9 Å². The number of hydrogen-bond donors (Lipinski definition) is 3. The fourth-order valence-corrected chi connectivity index (χ4v) is 5.85. The van der Waals surface area contributed by atoms with Crippen molar-refractivity contribution in [1.82, 2.24) is 5.32 Å². The van der Waals surface area contributed by atoms with Crippen molar-refractivity contribution >= 4 is 37.5 Å². The van der Waals surface area contributed by atoms with Crippen LogP contribution in [0.2, 0.25) is 0 Å². The van der Waals surface area contributed by atoms with Gasteiger partial charge in [0, 0.05) is 17.2 Å². The number of amides is 1. The summed E-state index contributed by atoms with van der Waals surface area (Å²) in [5.74, 6) is -3.07. The van der Waals surface area contributed by atoms with Gasteiger partial charge in [0.15, 0.2) is 0 Å². The number of anilines is 1. The Morgan fingerprint density at radius 3 is 2.45 bits per heavy atom. The highest BCUT2D eigenvalue weighted by molar-refractivity contribution is 9.10. The number of rotatable bonds is 1. The Morgan fingerprint density at radius 2 is 1.73 bits per heavy atom. The van der Waals surface area contributed by atoms with Gasteiger partial charge in [-0.05, 0) is 64.0 Å². The zero-order valence-electron chi connectivity index (χ0n) is 16.9. The van der Waals surface area contributed by atoms with Gasteiger partial charge in [-0.15, -0.1) is 0 Å². The molecule has 0 aromatic heterocycles. The van der Waals surface area contributed by atoms with E-state index in [4.69, 9.17) is 0 Å². The normalized spacial score (nSPS) is 19.2. The fraction of sp³-hybridized carbons (Fsp3) is 0.174. The Kier molecular flexibility index (Phi) is 5.17. The Balaban J connectivity index is 1.82. The lowest BCUT2D eigenvalue weighted by Gasteiger charge is -2.22. The van der Waals surface area contributed by atoms with E-state index >= 15 is 0 Å². The molecule has 1 heterocycles. The van der Waals surface area contributed by atoms with Crippen LogP contribution in [0.25, 0.3) is 11.1 Å².